The van der Waals surface area contributed by atoms with Gasteiger partial charge >= 0.3 is 11.7 Å². The van der Waals surface area contributed by atoms with Crippen molar-refractivity contribution in [3.05, 3.63) is 28.2 Å². The highest BCUT2D eigenvalue weighted by atomic mass is 32.2. The van der Waals surface area contributed by atoms with E-state index in [4.69, 9.17) is 11.1 Å². The molecule has 28 nitrogen and oxygen atoms in total. The first-order valence-corrected chi connectivity index (χ1v) is 21.0. The molecule has 0 radical (unpaired) electrons. The molecule has 366 valence electrons. The Labute approximate surface area is 374 Å². The molecule has 0 aromatic carbocycles. The minimum absolute atomic E-state index is 0.0607. The second-order valence-electron chi connectivity index (χ2n) is 15.1. The van der Waals surface area contributed by atoms with Crippen molar-refractivity contribution < 1.29 is 79.5 Å². The molecular weight excluding hydrogens is 891 g/mol. The lowest BCUT2D eigenvalue weighted by Gasteiger charge is -2.29. The smallest absolute Gasteiger partial charge is 0.330 e. The number of amides is 7. The molecule has 1 aliphatic rings. The lowest BCUT2D eigenvalue weighted by Crippen LogP contribution is -2.61. The maximum Gasteiger partial charge on any atom is 0.330 e. The van der Waals surface area contributed by atoms with Crippen LogP contribution in [0.2, 0.25) is 0 Å². The van der Waals surface area contributed by atoms with Gasteiger partial charge in [0.15, 0.2) is 6.04 Å². The topological polar surface area (TPSA) is 433 Å². The molecule has 1 saturated heterocycles. The Morgan fingerprint density at radius 2 is 1.18 bits per heavy atom. The van der Waals surface area contributed by atoms with E-state index in [2.05, 4.69) is 16.0 Å². The maximum atomic E-state index is 13.8. The van der Waals surface area contributed by atoms with Gasteiger partial charge in [0, 0.05) is 53.6 Å². The second kappa shape index (κ2) is 25.8. The number of carbonyl (C=O) groups is 8. The average molecular weight is 950 g/mol. The largest absolute Gasteiger partial charge is 0.480 e. The number of hydrogen-bond acceptors (Lipinski definition) is 19. The summed E-state index contributed by atoms with van der Waals surface area (Å²) >= 11 is 0.592. The highest BCUT2D eigenvalue weighted by Gasteiger charge is 2.50. The standard InChI is InChI=1S/C36H59N11O17S/c1-17(49)45(62)12-5-8-20(37)30(55)39-21(9-6-13-46(63)18(2)50)31(56)40-22(10-7-14-47(64)19(3)51)32(57)41-23(16-48)33(58)42-25(35(59)60)26(52)29-27(53)28(54)34(65-29)44-15-11-24(38)43(4)36(44)61/h11,15,20-23,25-29,34,38,48,52-54,62-64H,5-10,12-14,16,37H2,1-4H3,(H,39,55)(H,40,56)(H,41,57)(H,42,58)(H,59,60). The molecule has 1 aromatic heterocycles. The summed E-state index contributed by atoms with van der Waals surface area (Å²) in [7, 11) is 1.27. The molecule has 1 aromatic rings. The lowest BCUT2D eigenvalue weighted by atomic mass is 10.00. The van der Waals surface area contributed by atoms with Gasteiger partial charge in [-0.1, -0.05) is 0 Å². The predicted octanol–water partition coefficient (Wildman–Crippen LogP) is -6.24. The van der Waals surface area contributed by atoms with Gasteiger partial charge in [-0.15, -0.1) is 11.8 Å². The molecule has 29 heteroatoms. The van der Waals surface area contributed by atoms with Crippen molar-refractivity contribution in [2.24, 2.45) is 12.8 Å². The fourth-order valence-corrected chi connectivity index (χ4v) is 7.82. The third-order valence-corrected chi connectivity index (χ3v) is 11.8. The number of aliphatic carboxylic acids is 1. The number of rotatable bonds is 25. The molecule has 15 N–H and O–H groups in total. The van der Waals surface area contributed by atoms with Crippen LogP contribution in [0, 0.1) is 5.41 Å². The number of carboxylic acids is 1. The van der Waals surface area contributed by atoms with Crippen molar-refractivity contribution >= 4 is 59.1 Å². The van der Waals surface area contributed by atoms with Crippen LogP contribution in [0.3, 0.4) is 0 Å². The Hall–Kier alpha value is -5.53. The van der Waals surface area contributed by atoms with Gasteiger partial charge in [0.25, 0.3) is 0 Å². The zero-order valence-electron chi connectivity index (χ0n) is 36.0. The van der Waals surface area contributed by atoms with Gasteiger partial charge in [0.2, 0.25) is 41.4 Å². The van der Waals surface area contributed by atoms with E-state index in [1.54, 1.807) is 0 Å². The fourth-order valence-electron chi connectivity index (χ4n) is 6.24. The van der Waals surface area contributed by atoms with Crippen molar-refractivity contribution in [1.29, 1.82) is 5.41 Å². The van der Waals surface area contributed by atoms with Crippen LogP contribution in [0.25, 0.3) is 0 Å². The molecule has 1 aliphatic heterocycles. The van der Waals surface area contributed by atoms with Crippen LogP contribution < -0.4 is 38.2 Å². The third kappa shape index (κ3) is 16.1. The van der Waals surface area contributed by atoms with Crippen molar-refractivity contribution in [1.82, 2.24) is 45.6 Å². The van der Waals surface area contributed by atoms with E-state index in [-0.39, 0.29) is 63.6 Å². The molecule has 7 amide bonds. The summed E-state index contributed by atoms with van der Waals surface area (Å²) in [5, 5.41) is 97.1. The highest BCUT2D eigenvalue weighted by molar-refractivity contribution is 8.00. The zero-order valence-corrected chi connectivity index (χ0v) is 36.8. The van der Waals surface area contributed by atoms with Gasteiger partial charge in [0.05, 0.1) is 30.1 Å². The Kier molecular flexibility index (Phi) is 22.1. The number of thioether (sulfide) groups is 1. The number of carbonyl (C=O) groups excluding carboxylic acids is 7. The SMILES string of the molecule is CC(=O)N(O)CCCC(N)C(=O)NC(CCCN(O)C(C)=O)C(=O)NC(CCCN(O)C(C)=O)C(=O)NC(CO)C(=O)NC(C(=O)O)C(O)C1SC(n2ccc(=N)n(C)c2=O)C(O)C1O. The molecule has 0 spiro atoms. The molecule has 2 rings (SSSR count). The highest BCUT2D eigenvalue weighted by Crippen LogP contribution is 2.43. The molecule has 1 fully saturated rings. The van der Waals surface area contributed by atoms with E-state index >= 15 is 0 Å². The van der Waals surface area contributed by atoms with E-state index < -0.39 is 119 Å². The van der Waals surface area contributed by atoms with E-state index in [0.29, 0.717) is 27.0 Å². The lowest BCUT2D eigenvalue weighted by molar-refractivity contribution is -0.163. The van der Waals surface area contributed by atoms with E-state index in [1.807, 2.05) is 5.32 Å². The first-order valence-electron chi connectivity index (χ1n) is 20.1. The number of nitrogens with zero attached hydrogens (tertiary/aromatic N) is 5. The van der Waals surface area contributed by atoms with Crippen LogP contribution in [-0.4, -0.2) is 193 Å². The quantitative estimate of drug-likeness (QED) is 0.0320. The van der Waals surface area contributed by atoms with Crippen LogP contribution in [0.5, 0.6) is 0 Å². The normalized spacial score (nSPS) is 19.6. The van der Waals surface area contributed by atoms with Crippen molar-refractivity contribution in [3.8, 4) is 0 Å². The van der Waals surface area contributed by atoms with Crippen LogP contribution in [0.1, 0.15) is 64.7 Å². The summed E-state index contributed by atoms with van der Waals surface area (Å²) in [6.07, 6.45) is -5.62. The Bertz CT molecular complexity index is 1990. The third-order valence-electron chi connectivity index (χ3n) is 10.2. The number of aromatic nitrogens is 2. The molecular formula is C36H59N11O17S. The molecule has 2 heterocycles. The van der Waals surface area contributed by atoms with E-state index in [1.165, 1.54) is 13.1 Å². The number of aliphatic hydroxyl groups is 4. The van der Waals surface area contributed by atoms with Crippen LogP contribution in [0.15, 0.2) is 17.1 Å². The fraction of sp³-hybridized carbons (Fsp3) is 0.667. The van der Waals surface area contributed by atoms with Gasteiger partial charge in [-0.2, -0.15) is 0 Å². The summed E-state index contributed by atoms with van der Waals surface area (Å²) in [6.45, 7) is 1.14. The van der Waals surface area contributed by atoms with E-state index in [9.17, 15) is 84.3 Å². The predicted molar refractivity (Wildman–Crippen MR) is 220 cm³/mol. The summed E-state index contributed by atoms with van der Waals surface area (Å²) < 4.78 is 1.87. The average Bonchev–Trinajstić information content (AvgIpc) is 3.54. The Balaban J connectivity index is 2.33. The van der Waals surface area contributed by atoms with Crippen LogP contribution in [-0.2, 0) is 45.4 Å². The van der Waals surface area contributed by atoms with Crippen molar-refractivity contribution in [2.45, 2.75) is 118 Å². The molecule has 0 bridgehead atoms. The number of nitrogens with two attached hydrogens (primary N) is 1. The van der Waals surface area contributed by atoms with Crippen molar-refractivity contribution in [2.75, 3.05) is 26.2 Å². The van der Waals surface area contributed by atoms with Gasteiger partial charge in [0.1, 0.15) is 35.1 Å². The van der Waals surface area contributed by atoms with Crippen molar-refractivity contribution in [3.63, 3.8) is 0 Å². The first kappa shape index (κ1) is 55.6. The summed E-state index contributed by atoms with van der Waals surface area (Å²) in [6, 6.07) is -7.52. The molecule has 0 aliphatic carbocycles. The monoisotopic (exact) mass is 949 g/mol. The van der Waals surface area contributed by atoms with Gasteiger partial charge in [-0.25, -0.2) is 24.8 Å². The Morgan fingerprint density at radius 3 is 1.63 bits per heavy atom. The summed E-state index contributed by atoms with van der Waals surface area (Å²) in [4.78, 5) is 114. The number of nitrogens with one attached hydrogen (secondary N) is 5. The van der Waals surface area contributed by atoms with Gasteiger partial charge < -0.3 is 52.5 Å². The number of aliphatic hydroxyl groups excluding tert-OH is 4. The number of hydroxylamine groups is 6. The molecule has 10 atom stereocenters. The van der Waals surface area contributed by atoms with E-state index in [0.717, 1.165) is 36.1 Å². The second-order valence-corrected chi connectivity index (χ2v) is 16.4. The van der Waals surface area contributed by atoms with Crippen LogP contribution >= 0.6 is 11.8 Å². The maximum absolute atomic E-state index is 13.8. The molecule has 10 unspecified atom stereocenters. The summed E-state index contributed by atoms with van der Waals surface area (Å²) in [5.41, 5.74) is 5.00. The van der Waals surface area contributed by atoms with Crippen LogP contribution in [0.4, 0.5) is 0 Å². The first-order chi connectivity index (χ1) is 30.3. The number of hydrogen-bond donors (Lipinski definition) is 14. The Morgan fingerprint density at radius 1 is 0.754 bits per heavy atom. The molecule has 0 saturated carbocycles. The number of carboxylic acid groups (broad SMARTS) is 1. The zero-order chi connectivity index (χ0) is 49.5. The van der Waals surface area contributed by atoms with Gasteiger partial charge in [-0.3, -0.25) is 63.7 Å². The molecule has 65 heavy (non-hydrogen) atoms. The minimum atomic E-state index is -2.27. The summed E-state index contributed by atoms with van der Waals surface area (Å²) in [5.74, 6) is -8.59. The minimum Gasteiger partial charge on any atom is -0.480 e. The van der Waals surface area contributed by atoms with Gasteiger partial charge in [-0.05, 0) is 44.6 Å².